The number of carbonyl (C=O) groups excluding carboxylic acids is 1. The van der Waals surface area contributed by atoms with Crippen LogP contribution >= 0.6 is 0 Å². The number of aliphatic hydroxyl groups excluding tert-OH is 1. The van der Waals surface area contributed by atoms with E-state index in [4.69, 9.17) is 18.9 Å². The second-order valence-corrected chi connectivity index (χ2v) is 4.44. The third-order valence-electron chi connectivity index (χ3n) is 2.57. The highest BCUT2D eigenvalue weighted by Crippen LogP contribution is 2.37. The molecule has 4 atom stereocenters. The van der Waals surface area contributed by atoms with Crippen molar-refractivity contribution in [2.45, 2.75) is 51.2 Å². The quantitative estimate of drug-likeness (QED) is 0.664. The number of aliphatic hydroxyl groups is 1. The monoisotopic (exact) mass is 232 g/mol. The largest absolute Gasteiger partial charge is 0.463 e. The van der Waals surface area contributed by atoms with Gasteiger partial charge in [0.2, 0.25) is 0 Å². The zero-order valence-electron chi connectivity index (χ0n) is 9.50. The van der Waals surface area contributed by atoms with Crippen molar-refractivity contribution in [1.29, 1.82) is 0 Å². The molecular weight excluding hydrogens is 216 g/mol. The van der Waals surface area contributed by atoms with Crippen molar-refractivity contribution >= 4 is 5.97 Å². The summed E-state index contributed by atoms with van der Waals surface area (Å²) in [5.74, 6) is -1.15. The Balaban J connectivity index is 1.92. The van der Waals surface area contributed by atoms with Crippen LogP contribution in [0.4, 0.5) is 0 Å². The van der Waals surface area contributed by atoms with Crippen LogP contribution < -0.4 is 0 Å². The van der Waals surface area contributed by atoms with Crippen molar-refractivity contribution in [2.75, 3.05) is 6.61 Å². The lowest BCUT2D eigenvalue weighted by Crippen LogP contribution is -2.36. The fourth-order valence-electron chi connectivity index (χ4n) is 1.90. The lowest BCUT2D eigenvalue weighted by Gasteiger charge is -2.22. The van der Waals surface area contributed by atoms with Gasteiger partial charge in [-0.15, -0.1) is 0 Å². The van der Waals surface area contributed by atoms with Crippen LogP contribution in [0, 0.1) is 0 Å². The van der Waals surface area contributed by atoms with E-state index >= 15 is 0 Å². The third-order valence-corrected chi connectivity index (χ3v) is 2.57. The highest BCUT2D eigenvalue weighted by atomic mass is 16.8. The molecule has 0 aromatic rings. The van der Waals surface area contributed by atoms with E-state index < -0.39 is 36.4 Å². The molecular formula is C10H16O6. The van der Waals surface area contributed by atoms with Gasteiger partial charge in [0.05, 0.1) is 0 Å². The molecule has 2 aliphatic heterocycles. The molecule has 0 unspecified atom stereocenters. The van der Waals surface area contributed by atoms with Crippen molar-refractivity contribution in [3.05, 3.63) is 0 Å². The summed E-state index contributed by atoms with van der Waals surface area (Å²) in [6.45, 7) is 4.82. The van der Waals surface area contributed by atoms with Crippen LogP contribution in [0.3, 0.4) is 0 Å². The Morgan fingerprint density at radius 1 is 1.44 bits per heavy atom. The molecule has 0 radical (unpaired) electrons. The first-order valence-electron chi connectivity index (χ1n) is 5.21. The van der Waals surface area contributed by atoms with Gasteiger partial charge in [0, 0.05) is 6.92 Å². The minimum absolute atomic E-state index is 0.0106. The first-order chi connectivity index (χ1) is 7.39. The summed E-state index contributed by atoms with van der Waals surface area (Å²) in [7, 11) is 0. The molecule has 2 rings (SSSR count). The molecule has 0 aromatic heterocycles. The summed E-state index contributed by atoms with van der Waals surface area (Å²) in [6.07, 6.45) is -2.54. The second-order valence-electron chi connectivity index (χ2n) is 4.44. The average Bonchev–Trinajstić information content (AvgIpc) is 2.58. The Morgan fingerprint density at radius 3 is 2.69 bits per heavy atom. The standard InChI is InChI=1S/C10H16O6/c1-5(11)13-4-6-7(12)8-9(14-6)16-10(2,3)15-8/h6-9,12H,4H2,1-3H3/t6-,7-,8-,9-/m1/s1. The van der Waals surface area contributed by atoms with Crippen LogP contribution in [0.15, 0.2) is 0 Å². The highest BCUT2D eigenvalue weighted by molar-refractivity contribution is 5.65. The molecule has 2 saturated heterocycles. The maximum Gasteiger partial charge on any atom is 0.302 e. The fourth-order valence-corrected chi connectivity index (χ4v) is 1.90. The number of carbonyl (C=O) groups is 1. The molecule has 1 N–H and O–H groups in total. The first kappa shape index (κ1) is 11.8. The molecule has 2 heterocycles. The molecule has 0 bridgehead atoms. The molecule has 0 aromatic carbocycles. The number of fused-ring (bicyclic) bond motifs is 1. The third kappa shape index (κ3) is 2.20. The van der Waals surface area contributed by atoms with Gasteiger partial charge in [-0.3, -0.25) is 4.79 Å². The molecule has 0 spiro atoms. The maximum absolute atomic E-state index is 10.6. The number of hydrogen-bond acceptors (Lipinski definition) is 6. The summed E-state index contributed by atoms with van der Waals surface area (Å²) in [4.78, 5) is 10.6. The summed E-state index contributed by atoms with van der Waals surface area (Å²) >= 11 is 0. The van der Waals surface area contributed by atoms with Gasteiger partial charge in [-0.1, -0.05) is 0 Å². The molecule has 2 fully saturated rings. The van der Waals surface area contributed by atoms with E-state index in [0.717, 1.165) is 0 Å². The van der Waals surface area contributed by atoms with Crippen LogP contribution in [0.2, 0.25) is 0 Å². The van der Waals surface area contributed by atoms with Crippen LogP contribution in [0.5, 0.6) is 0 Å². The van der Waals surface area contributed by atoms with Gasteiger partial charge in [0.25, 0.3) is 0 Å². The molecule has 0 aliphatic carbocycles. The van der Waals surface area contributed by atoms with E-state index in [1.807, 2.05) is 0 Å². The molecule has 6 heteroatoms. The lowest BCUT2D eigenvalue weighted by molar-refractivity contribution is -0.220. The van der Waals surface area contributed by atoms with Gasteiger partial charge in [-0.05, 0) is 13.8 Å². The fraction of sp³-hybridized carbons (Fsp3) is 0.900. The van der Waals surface area contributed by atoms with E-state index in [9.17, 15) is 9.90 Å². The molecule has 0 saturated carbocycles. The smallest absolute Gasteiger partial charge is 0.302 e. The van der Waals surface area contributed by atoms with E-state index in [0.29, 0.717) is 0 Å². The number of esters is 1. The van der Waals surface area contributed by atoms with Crippen molar-refractivity contribution < 1.29 is 28.8 Å². The number of ether oxygens (including phenoxy) is 4. The normalized spacial score (nSPS) is 40.8. The van der Waals surface area contributed by atoms with Crippen LogP contribution in [-0.2, 0) is 23.7 Å². The highest BCUT2D eigenvalue weighted by Gasteiger charge is 2.54. The molecule has 92 valence electrons. The first-order valence-corrected chi connectivity index (χ1v) is 5.21. The zero-order chi connectivity index (χ0) is 11.9. The van der Waals surface area contributed by atoms with Crippen molar-refractivity contribution in [3.63, 3.8) is 0 Å². The number of rotatable bonds is 2. The summed E-state index contributed by atoms with van der Waals surface area (Å²) in [5, 5.41) is 9.88. The topological polar surface area (TPSA) is 74.2 Å². The van der Waals surface area contributed by atoms with E-state index in [1.165, 1.54) is 6.92 Å². The van der Waals surface area contributed by atoms with Gasteiger partial charge < -0.3 is 24.1 Å². The van der Waals surface area contributed by atoms with Crippen molar-refractivity contribution in [1.82, 2.24) is 0 Å². The van der Waals surface area contributed by atoms with Gasteiger partial charge in [0.1, 0.15) is 24.9 Å². The minimum Gasteiger partial charge on any atom is -0.463 e. The predicted octanol–water partition coefficient (Wildman–Crippen LogP) is -0.213. The Labute approximate surface area is 93.4 Å². The van der Waals surface area contributed by atoms with Crippen LogP contribution in [0.25, 0.3) is 0 Å². The van der Waals surface area contributed by atoms with E-state index in [-0.39, 0.29) is 6.61 Å². The Bertz CT molecular complexity index is 289. The van der Waals surface area contributed by atoms with E-state index in [2.05, 4.69) is 0 Å². The summed E-state index contributed by atoms with van der Waals surface area (Å²) in [6, 6.07) is 0. The van der Waals surface area contributed by atoms with Gasteiger partial charge in [0.15, 0.2) is 12.1 Å². The number of hydrogen-bond donors (Lipinski definition) is 1. The van der Waals surface area contributed by atoms with Gasteiger partial charge in [-0.25, -0.2) is 0 Å². The maximum atomic E-state index is 10.6. The van der Waals surface area contributed by atoms with Crippen molar-refractivity contribution in [2.24, 2.45) is 0 Å². The van der Waals surface area contributed by atoms with Crippen LogP contribution in [0.1, 0.15) is 20.8 Å². The Hall–Kier alpha value is -0.690. The minimum atomic E-state index is -0.842. The van der Waals surface area contributed by atoms with E-state index in [1.54, 1.807) is 13.8 Å². The zero-order valence-corrected chi connectivity index (χ0v) is 9.50. The molecule has 0 amide bonds. The van der Waals surface area contributed by atoms with Gasteiger partial charge >= 0.3 is 5.97 Å². The lowest BCUT2D eigenvalue weighted by atomic mass is 10.1. The SMILES string of the molecule is CC(=O)OC[C@H]1O[C@@H]2OC(C)(C)O[C@@H]2[C@@H]1O. The molecule has 6 nitrogen and oxygen atoms in total. The van der Waals surface area contributed by atoms with Gasteiger partial charge in [-0.2, -0.15) is 0 Å². The summed E-state index contributed by atoms with van der Waals surface area (Å²) < 4.78 is 21.1. The predicted molar refractivity (Wildman–Crippen MR) is 51.3 cm³/mol. The average molecular weight is 232 g/mol. The molecule has 16 heavy (non-hydrogen) atoms. The Morgan fingerprint density at radius 2 is 2.12 bits per heavy atom. The molecule has 2 aliphatic rings. The van der Waals surface area contributed by atoms with Crippen molar-refractivity contribution in [3.8, 4) is 0 Å². The Kier molecular flexibility index (Phi) is 2.91. The second kappa shape index (κ2) is 3.96. The van der Waals surface area contributed by atoms with Crippen LogP contribution in [-0.4, -0.2) is 48.1 Å². The summed E-state index contributed by atoms with van der Waals surface area (Å²) in [5.41, 5.74) is 0.